The molecule has 2 aliphatic heterocycles. The fourth-order valence-corrected chi connectivity index (χ4v) is 3.87. The summed E-state index contributed by atoms with van der Waals surface area (Å²) in [6, 6.07) is 0. The van der Waals surface area contributed by atoms with Crippen LogP contribution in [0.1, 0.15) is 43.6 Å². The van der Waals surface area contributed by atoms with E-state index in [2.05, 4.69) is 28.3 Å². The molecule has 0 atom stereocenters. The van der Waals surface area contributed by atoms with Gasteiger partial charge in [0.25, 0.3) is 0 Å². The van der Waals surface area contributed by atoms with Gasteiger partial charge in [0.1, 0.15) is 0 Å². The Morgan fingerprint density at radius 2 is 2.00 bits per heavy atom. The SMILES string of the molecule is CCn1nc(CN2CCN(C(=O)C3(C)CC3)CC2)c2c1CCOC2. The van der Waals surface area contributed by atoms with Crippen molar-refractivity contribution in [3.05, 3.63) is 17.0 Å². The second kappa shape index (κ2) is 6.15. The van der Waals surface area contributed by atoms with E-state index in [4.69, 9.17) is 9.84 Å². The molecule has 0 bridgehead atoms. The highest BCUT2D eigenvalue weighted by Crippen LogP contribution is 2.46. The van der Waals surface area contributed by atoms with Crippen LogP contribution in [0.15, 0.2) is 0 Å². The van der Waals surface area contributed by atoms with Crippen LogP contribution in [0.3, 0.4) is 0 Å². The average Bonchev–Trinajstić information content (AvgIpc) is 3.27. The van der Waals surface area contributed by atoms with Gasteiger partial charge in [-0.1, -0.05) is 6.92 Å². The Morgan fingerprint density at radius 3 is 2.67 bits per heavy atom. The summed E-state index contributed by atoms with van der Waals surface area (Å²) < 4.78 is 7.79. The zero-order valence-electron chi connectivity index (χ0n) is 14.9. The molecule has 4 rings (SSSR count). The van der Waals surface area contributed by atoms with Crippen molar-refractivity contribution in [1.82, 2.24) is 19.6 Å². The van der Waals surface area contributed by atoms with Crippen molar-refractivity contribution in [2.24, 2.45) is 5.41 Å². The van der Waals surface area contributed by atoms with Gasteiger partial charge in [0.2, 0.25) is 5.91 Å². The Kier molecular flexibility index (Phi) is 4.12. The van der Waals surface area contributed by atoms with Gasteiger partial charge in [-0.3, -0.25) is 14.4 Å². The van der Waals surface area contributed by atoms with Crippen LogP contribution in [-0.4, -0.2) is 58.3 Å². The molecule has 24 heavy (non-hydrogen) atoms. The van der Waals surface area contributed by atoms with Crippen LogP contribution in [0, 0.1) is 5.41 Å². The lowest BCUT2D eigenvalue weighted by Gasteiger charge is -2.36. The molecule has 0 N–H and O–H groups in total. The van der Waals surface area contributed by atoms with Gasteiger partial charge in [-0.15, -0.1) is 0 Å². The number of aryl methyl sites for hydroxylation is 1. The first-order valence-corrected chi connectivity index (χ1v) is 9.27. The summed E-state index contributed by atoms with van der Waals surface area (Å²) in [5.41, 5.74) is 3.78. The second-order valence-corrected chi connectivity index (χ2v) is 7.62. The summed E-state index contributed by atoms with van der Waals surface area (Å²) in [7, 11) is 0. The molecule has 3 heterocycles. The molecule has 0 unspecified atom stereocenters. The quantitative estimate of drug-likeness (QED) is 0.837. The number of carbonyl (C=O) groups excluding carboxylic acids is 1. The molecule has 0 aromatic carbocycles. The van der Waals surface area contributed by atoms with E-state index in [0.29, 0.717) is 12.5 Å². The number of nitrogens with zero attached hydrogens (tertiary/aromatic N) is 4. The lowest BCUT2D eigenvalue weighted by molar-refractivity contribution is -0.138. The average molecular weight is 332 g/mol. The highest BCUT2D eigenvalue weighted by atomic mass is 16.5. The molecule has 3 aliphatic rings. The monoisotopic (exact) mass is 332 g/mol. The smallest absolute Gasteiger partial charge is 0.228 e. The van der Waals surface area contributed by atoms with Crippen molar-refractivity contribution < 1.29 is 9.53 Å². The topological polar surface area (TPSA) is 50.6 Å². The van der Waals surface area contributed by atoms with Gasteiger partial charge in [-0.25, -0.2) is 0 Å². The molecule has 1 aromatic heterocycles. The Hall–Kier alpha value is -1.40. The lowest BCUT2D eigenvalue weighted by Crippen LogP contribution is -2.50. The molecular formula is C18H28N4O2. The number of rotatable bonds is 4. The van der Waals surface area contributed by atoms with E-state index >= 15 is 0 Å². The van der Waals surface area contributed by atoms with Crippen LogP contribution in [0.4, 0.5) is 0 Å². The Balaban J connectivity index is 1.39. The van der Waals surface area contributed by atoms with E-state index in [1.165, 1.54) is 17.0 Å². The fourth-order valence-electron chi connectivity index (χ4n) is 3.87. The second-order valence-electron chi connectivity index (χ2n) is 7.62. The predicted octanol–water partition coefficient (Wildman–Crippen LogP) is 1.42. The number of carbonyl (C=O) groups is 1. The maximum atomic E-state index is 12.5. The van der Waals surface area contributed by atoms with E-state index < -0.39 is 0 Å². The van der Waals surface area contributed by atoms with Crippen molar-refractivity contribution in [3.63, 3.8) is 0 Å². The zero-order valence-corrected chi connectivity index (χ0v) is 14.9. The van der Waals surface area contributed by atoms with Gasteiger partial charge in [-0.05, 0) is 19.8 Å². The van der Waals surface area contributed by atoms with Gasteiger partial charge < -0.3 is 9.64 Å². The van der Waals surface area contributed by atoms with Crippen LogP contribution in [0.5, 0.6) is 0 Å². The first-order chi connectivity index (χ1) is 11.6. The molecule has 0 radical (unpaired) electrons. The van der Waals surface area contributed by atoms with Gasteiger partial charge in [0, 0.05) is 62.4 Å². The van der Waals surface area contributed by atoms with Crippen LogP contribution >= 0.6 is 0 Å². The van der Waals surface area contributed by atoms with Gasteiger partial charge in [0.05, 0.1) is 18.9 Å². The maximum absolute atomic E-state index is 12.5. The highest BCUT2D eigenvalue weighted by Gasteiger charge is 2.47. The summed E-state index contributed by atoms with van der Waals surface area (Å²) in [6.45, 7) is 11.1. The molecule has 1 saturated heterocycles. The third kappa shape index (κ3) is 2.86. The molecular weight excluding hydrogens is 304 g/mol. The minimum absolute atomic E-state index is 0.0432. The van der Waals surface area contributed by atoms with Crippen molar-refractivity contribution in [3.8, 4) is 0 Å². The van der Waals surface area contributed by atoms with E-state index in [1.807, 2.05) is 0 Å². The molecule has 6 heteroatoms. The summed E-state index contributed by atoms with van der Waals surface area (Å²) in [5, 5.41) is 4.82. The molecule has 6 nitrogen and oxygen atoms in total. The van der Waals surface area contributed by atoms with Crippen LogP contribution in [0.2, 0.25) is 0 Å². The fraction of sp³-hybridized carbons (Fsp3) is 0.778. The minimum Gasteiger partial charge on any atom is -0.376 e. The van der Waals surface area contributed by atoms with E-state index in [0.717, 1.165) is 65.1 Å². The Morgan fingerprint density at radius 1 is 1.25 bits per heavy atom. The molecule has 1 saturated carbocycles. The normalized spacial score (nSPS) is 23.2. The lowest BCUT2D eigenvalue weighted by atomic mass is 10.1. The molecule has 132 valence electrons. The highest BCUT2D eigenvalue weighted by molar-refractivity contribution is 5.85. The maximum Gasteiger partial charge on any atom is 0.228 e. The number of hydrogen-bond acceptors (Lipinski definition) is 4. The largest absolute Gasteiger partial charge is 0.376 e. The predicted molar refractivity (Wildman–Crippen MR) is 90.5 cm³/mol. The minimum atomic E-state index is -0.0432. The summed E-state index contributed by atoms with van der Waals surface area (Å²) in [6.07, 6.45) is 3.09. The van der Waals surface area contributed by atoms with Crippen molar-refractivity contribution in [2.75, 3.05) is 32.8 Å². The van der Waals surface area contributed by atoms with Crippen LogP contribution in [0.25, 0.3) is 0 Å². The molecule has 1 aliphatic carbocycles. The number of fused-ring (bicyclic) bond motifs is 1. The van der Waals surface area contributed by atoms with Crippen LogP contribution < -0.4 is 0 Å². The van der Waals surface area contributed by atoms with Crippen LogP contribution in [-0.2, 0) is 35.6 Å². The number of piperazine rings is 1. The van der Waals surface area contributed by atoms with E-state index in [1.54, 1.807) is 0 Å². The van der Waals surface area contributed by atoms with Gasteiger partial charge >= 0.3 is 0 Å². The molecule has 1 amide bonds. The first kappa shape index (κ1) is 16.1. The number of ether oxygens (including phenoxy) is 1. The van der Waals surface area contributed by atoms with Crippen molar-refractivity contribution in [1.29, 1.82) is 0 Å². The molecule has 0 spiro atoms. The number of hydrogen-bond donors (Lipinski definition) is 0. The molecule has 1 aromatic rings. The van der Waals surface area contributed by atoms with Gasteiger partial charge in [-0.2, -0.15) is 5.10 Å². The van der Waals surface area contributed by atoms with Crippen molar-refractivity contribution >= 4 is 5.91 Å². The summed E-state index contributed by atoms with van der Waals surface area (Å²) in [5.74, 6) is 0.364. The summed E-state index contributed by atoms with van der Waals surface area (Å²) in [4.78, 5) is 16.9. The molecule has 2 fully saturated rings. The van der Waals surface area contributed by atoms with E-state index in [9.17, 15) is 4.79 Å². The first-order valence-electron chi connectivity index (χ1n) is 9.27. The zero-order chi connectivity index (χ0) is 16.7. The van der Waals surface area contributed by atoms with Crippen molar-refractivity contribution in [2.45, 2.75) is 52.8 Å². The Labute approximate surface area is 143 Å². The third-order valence-corrected chi connectivity index (χ3v) is 5.83. The van der Waals surface area contributed by atoms with E-state index in [-0.39, 0.29) is 5.41 Å². The Bertz CT molecular complexity index is 627. The number of aromatic nitrogens is 2. The summed E-state index contributed by atoms with van der Waals surface area (Å²) >= 11 is 0. The number of amides is 1. The third-order valence-electron chi connectivity index (χ3n) is 5.83. The van der Waals surface area contributed by atoms with Gasteiger partial charge in [0.15, 0.2) is 0 Å². The standard InChI is InChI=1S/C18H28N4O2/c1-3-22-16-4-11-24-13-14(16)15(19-22)12-20-7-9-21(10-8-20)17(23)18(2)5-6-18/h3-13H2,1-2H3.